The van der Waals surface area contributed by atoms with Gasteiger partial charge in [0.15, 0.2) is 16.8 Å². The minimum atomic E-state index is -0.203. The Labute approximate surface area is 196 Å². The number of amides is 1. The number of furan rings is 1. The first kappa shape index (κ1) is 20.8. The largest absolute Gasteiger partial charge is 0.459 e. The van der Waals surface area contributed by atoms with E-state index in [9.17, 15) is 4.79 Å². The molecule has 5 rings (SSSR count). The van der Waals surface area contributed by atoms with Gasteiger partial charge in [-0.15, -0.1) is 0 Å². The lowest BCUT2D eigenvalue weighted by Crippen LogP contribution is -2.53. The highest BCUT2D eigenvalue weighted by Crippen LogP contribution is 2.44. The van der Waals surface area contributed by atoms with Crippen molar-refractivity contribution in [2.24, 2.45) is 0 Å². The Morgan fingerprint density at radius 2 is 1.28 bits per heavy atom. The SMILES string of the molecule is CN1C(c2ccccc2)=CSC1N(C(=O)c1ccco1)C1SC=C(c2ccccc2)N1C. The molecule has 162 valence electrons. The summed E-state index contributed by atoms with van der Waals surface area (Å²) in [5.74, 6) is 0.212. The minimum absolute atomic E-state index is 0.130. The molecule has 2 unspecified atom stereocenters. The molecule has 0 aliphatic carbocycles. The normalized spacial score (nSPS) is 20.3. The molecule has 1 aromatic heterocycles. The fourth-order valence-corrected chi connectivity index (χ4v) is 6.40. The summed E-state index contributed by atoms with van der Waals surface area (Å²) in [6, 6.07) is 24.0. The number of rotatable bonds is 5. The van der Waals surface area contributed by atoms with Crippen LogP contribution < -0.4 is 0 Å². The molecule has 0 saturated carbocycles. The molecule has 32 heavy (non-hydrogen) atoms. The standard InChI is InChI=1S/C25H23N3O2S2/c1-26-20(18-10-5-3-6-11-18)16-31-24(26)28(23(29)22-14-9-15-30-22)25-27(2)21(17-32-25)19-12-7-4-8-13-19/h3-17,24-25H,1-2H3. The molecule has 2 aliphatic rings. The number of hydrogen-bond donors (Lipinski definition) is 0. The van der Waals surface area contributed by atoms with Crippen LogP contribution in [0.25, 0.3) is 11.4 Å². The van der Waals surface area contributed by atoms with Gasteiger partial charge in [0.1, 0.15) is 0 Å². The van der Waals surface area contributed by atoms with Crippen molar-refractivity contribution in [3.8, 4) is 0 Å². The third kappa shape index (κ3) is 3.72. The number of carbonyl (C=O) groups excluding carboxylic acids is 1. The van der Waals surface area contributed by atoms with Crippen LogP contribution in [-0.2, 0) is 0 Å². The first-order valence-electron chi connectivity index (χ1n) is 10.3. The molecule has 5 nitrogen and oxygen atoms in total. The summed E-state index contributed by atoms with van der Waals surface area (Å²) >= 11 is 3.27. The second-order valence-electron chi connectivity index (χ2n) is 7.57. The van der Waals surface area contributed by atoms with Crippen molar-refractivity contribution < 1.29 is 9.21 Å². The summed E-state index contributed by atoms with van der Waals surface area (Å²) in [7, 11) is 4.08. The molecule has 2 aromatic carbocycles. The Kier molecular flexibility index (Phi) is 5.76. The number of nitrogens with zero attached hydrogens (tertiary/aromatic N) is 3. The number of hydrogen-bond acceptors (Lipinski definition) is 6. The lowest BCUT2D eigenvalue weighted by atomic mass is 10.1. The summed E-state index contributed by atoms with van der Waals surface area (Å²) < 4.78 is 5.51. The molecule has 0 saturated heterocycles. The molecule has 2 aliphatic heterocycles. The van der Waals surface area contributed by atoms with Crippen LogP contribution in [0.1, 0.15) is 21.7 Å². The van der Waals surface area contributed by atoms with Crippen molar-refractivity contribution in [2.75, 3.05) is 14.1 Å². The second-order valence-corrected chi connectivity index (χ2v) is 9.43. The van der Waals surface area contributed by atoms with Crippen LogP contribution in [-0.4, -0.2) is 45.7 Å². The van der Waals surface area contributed by atoms with Crippen molar-refractivity contribution in [3.05, 3.63) is 107 Å². The Hall–Kier alpha value is -3.03. The molecule has 0 bridgehead atoms. The van der Waals surface area contributed by atoms with E-state index in [1.165, 1.54) is 0 Å². The van der Waals surface area contributed by atoms with E-state index >= 15 is 0 Å². The highest BCUT2D eigenvalue weighted by molar-refractivity contribution is 8.04. The smallest absolute Gasteiger partial charge is 0.294 e. The van der Waals surface area contributed by atoms with Crippen LogP contribution in [0.15, 0.2) is 94.3 Å². The Morgan fingerprint density at radius 3 is 1.72 bits per heavy atom. The average molecular weight is 462 g/mol. The molecule has 0 spiro atoms. The van der Waals surface area contributed by atoms with Crippen molar-refractivity contribution in [3.63, 3.8) is 0 Å². The number of thioether (sulfide) groups is 2. The maximum absolute atomic E-state index is 13.7. The van der Waals surface area contributed by atoms with Crippen molar-refractivity contribution >= 4 is 40.8 Å². The van der Waals surface area contributed by atoms with Crippen molar-refractivity contribution in [2.45, 2.75) is 11.0 Å². The van der Waals surface area contributed by atoms with Crippen LogP contribution in [0.2, 0.25) is 0 Å². The first-order chi connectivity index (χ1) is 15.6. The summed E-state index contributed by atoms with van der Waals surface area (Å²) in [4.78, 5) is 19.9. The molecular formula is C25H23N3O2S2. The van der Waals surface area contributed by atoms with E-state index in [-0.39, 0.29) is 16.9 Å². The number of carbonyl (C=O) groups is 1. The van der Waals surface area contributed by atoms with Gasteiger partial charge in [0.05, 0.1) is 17.7 Å². The minimum Gasteiger partial charge on any atom is -0.459 e. The van der Waals surface area contributed by atoms with E-state index in [1.807, 2.05) is 55.4 Å². The van der Waals surface area contributed by atoms with Gasteiger partial charge in [-0.1, -0.05) is 84.2 Å². The zero-order valence-corrected chi connectivity index (χ0v) is 19.4. The molecule has 3 aromatic rings. The highest BCUT2D eigenvalue weighted by atomic mass is 32.2. The Morgan fingerprint density at radius 1 is 0.781 bits per heavy atom. The molecule has 3 heterocycles. The Bertz CT molecular complexity index is 1080. The van der Waals surface area contributed by atoms with E-state index in [0.717, 1.165) is 22.5 Å². The van der Waals surface area contributed by atoms with Gasteiger partial charge in [-0.2, -0.15) is 0 Å². The van der Waals surface area contributed by atoms with Gasteiger partial charge in [-0.05, 0) is 34.1 Å². The average Bonchev–Trinajstić information content (AvgIpc) is 3.57. The van der Waals surface area contributed by atoms with Crippen molar-refractivity contribution in [1.82, 2.24) is 14.7 Å². The van der Waals surface area contributed by atoms with Gasteiger partial charge < -0.3 is 14.2 Å². The molecule has 0 fully saturated rings. The van der Waals surface area contributed by atoms with E-state index in [0.29, 0.717) is 5.76 Å². The highest BCUT2D eigenvalue weighted by Gasteiger charge is 2.42. The lowest BCUT2D eigenvalue weighted by Gasteiger charge is -2.41. The van der Waals surface area contributed by atoms with E-state index in [4.69, 9.17) is 4.42 Å². The van der Waals surface area contributed by atoms with Gasteiger partial charge in [0, 0.05) is 14.1 Å². The topological polar surface area (TPSA) is 39.9 Å². The molecule has 1 amide bonds. The summed E-state index contributed by atoms with van der Waals surface area (Å²) in [6.45, 7) is 0. The Balaban J connectivity index is 1.46. The van der Waals surface area contributed by atoms with Crippen molar-refractivity contribution in [1.29, 1.82) is 0 Å². The van der Waals surface area contributed by atoms with Gasteiger partial charge in [0.2, 0.25) is 0 Å². The molecule has 7 heteroatoms. The summed E-state index contributed by atoms with van der Waals surface area (Å²) in [5.41, 5.74) is 4.05. The van der Waals surface area contributed by atoms with Gasteiger partial charge >= 0.3 is 0 Å². The fourth-order valence-electron chi connectivity index (χ4n) is 3.94. The molecule has 2 atom stereocenters. The second kappa shape index (κ2) is 8.84. The zero-order valence-electron chi connectivity index (χ0n) is 17.8. The van der Waals surface area contributed by atoms with Crippen LogP contribution >= 0.6 is 23.5 Å². The summed E-state index contributed by atoms with van der Waals surface area (Å²) in [5, 5.41) is 4.27. The van der Waals surface area contributed by atoms with Gasteiger partial charge in [0.25, 0.3) is 5.91 Å². The molecular weight excluding hydrogens is 438 g/mol. The van der Waals surface area contributed by atoms with Gasteiger partial charge in [-0.3, -0.25) is 9.69 Å². The lowest BCUT2D eigenvalue weighted by molar-refractivity contribution is 0.0498. The van der Waals surface area contributed by atoms with E-state index in [1.54, 1.807) is 41.9 Å². The van der Waals surface area contributed by atoms with Gasteiger partial charge in [-0.25, -0.2) is 0 Å². The number of benzene rings is 2. The third-order valence-electron chi connectivity index (χ3n) is 5.61. The van der Waals surface area contributed by atoms with Crippen LogP contribution in [0, 0.1) is 0 Å². The van der Waals surface area contributed by atoms with E-state index < -0.39 is 0 Å². The maximum atomic E-state index is 13.7. The molecule has 0 N–H and O–H groups in total. The predicted molar refractivity (Wildman–Crippen MR) is 132 cm³/mol. The van der Waals surface area contributed by atoms with E-state index in [2.05, 4.69) is 44.9 Å². The maximum Gasteiger partial charge on any atom is 0.294 e. The zero-order chi connectivity index (χ0) is 22.1. The fraction of sp³-hybridized carbons (Fsp3) is 0.160. The quantitative estimate of drug-likeness (QED) is 0.489. The monoisotopic (exact) mass is 461 g/mol. The summed E-state index contributed by atoms with van der Waals surface area (Å²) in [6.07, 6.45) is 1.55. The first-order valence-corrected chi connectivity index (χ1v) is 12.2. The third-order valence-corrected chi connectivity index (χ3v) is 7.90. The predicted octanol–water partition coefficient (Wildman–Crippen LogP) is 5.64. The van der Waals surface area contributed by atoms with Crippen LogP contribution in [0.3, 0.4) is 0 Å². The molecule has 0 radical (unpaired) electrons. The van der Waals surface area contributed by atoms with Crippen LogP contribution in [0.5, 0.6) is 0 Å². The van der Waals surface area contributed by atoms with Crippen LogP contribution in [0.4, 0.5) is 0 Å².